The van der Waals surface area contributed by atoms with E-state index in [9.17, 15) is 4.79 Å². The van der Waals surface area contributed by atoms with Crippen molar-refractivity contribution in [2.75, 3.05) is 24.2 Å². The summed E-state index contributed by atoms with van der Waals surface area (Å²) in [5, 5.41) is 6.87. The normalized spacial score (nSPS) is 12.2. The first-order valence-electron chi connectivity index (χ1n) is 8.85. The fraction of sp³-hybridized carbons (Fsp3) is 0.368. The van der Waals surface area contributed by atoms with Crippen LogP contribution in [0.15, 0.2) is 50.2 Å². The minimum Gasteiger partial charge on any atom is -0.326 e. The van der Waals surface area contributed by atoms with Crippen LogP contribution in [0.4, 0.5) is 11.6 Å². The first-order chi connectivity index (χ1) is 13.0. The molecule has 1 aromatic heterocycles. The van der Waals surface area contributed by atoms with Gasteiger partial charge in [0.2, 0.25) is 11.9 Å². The van der Waals surface area contributed by atoms with Gasteiger partial charge < -0.3 is 10.6 Å². The van der Waals surface area contributed by atoms with Gasteiger partial charge in [0.1, 0.15) is 10.5 Å². The molecule has 0 aliphatic heterocycles. The molecule has 7 nitrogen and oxygen atoms in total. The summed E-state index contributed by atoms with van der Waals surface area (Å²) in [6.07, 6.45) is 0. The van der Waals surface area contributed by atoms with Crippen molar-refractivity contribution in [1.29, 1.82) is 0 Å². The summed E-state index contributed by atoms with van der Waals surface area (Å²) in [4.78, 5) is 25.7. The SMILES string of the molecule is CCN=C(C)Nc1nc(Sc2ccc(NC(C)=O)cc2)cc(=NC)n1CC. The molecule has 0 atom stereocenters. The highest BCUT2D eigenvalue weighted by atomic mass is 32.2. The van der Waals surface area contributed by atoms with Crippen LogP contribution in [0.5, 0.6) is 0 Å². The molecule has 8 heteroatoms. The Labute approximate surface area is 164 Å². The van der Waals surface area contributed by atoms with Crippen molar-refractivity contribution in [3.63, 3.8) is 0 Å². The fourth-order valence-corrected chi connectivity index (χ4v) is 3.32. The van der Waals surface area contributed by atoms with Gasteiger partial charge in [0.15, 0.2) is 0 Å². The number of aliphatic imine (C=N–C) groups is 1. The third kappa shape index (κ3) is 5.96. The average molecular weight is 387 g/mol. The maximum atomic E-state index is 11.1. The summed E-state index contributed by atoms with van der Waals surface area (Å²) in [6, 6.07) is 9.63. The van der Waals surface area contributed by atoms with E-state index in [1.165, 1.54) is 6.92 Å². The predicted molar refractivity (Wildman–Crippen MR) is 112 cm³/mol. The molecule has 0 aliphatic rings. The fourth-order valence-electron chi connectivity index (χ4n) is 2.51. The maximum Gasteiger partial charge on any atom is 0.221 e. The van der Waals surface area contributed by atoms with Crippen molar-refractivity contribution in [3.05, 3.63) is 35.8 Å². The zero-order valence-electron chi connectivity index (χ0n) is 16.4. The second-order valence-electron chi connectivity index (χ2n) is 5.74. The smallest absolute Gasteiger partial charge is 0.221 e. The second kappa shape index (κ2) is 9.91. The lowest BCUT2D eigenvalue weighted by molar-refractivity contribution is -0.114. The Morgan fingerprint density at radius 2 is 1.89 bits per heavy atom. The lowest BCUT2D eigenvalue weighted by Gasteiger charge is -2.15. The molecule has 0 spiro atoms. The van der Waals surface area contributed by atoms with Gasteiger partial charge in [-0.3, -0.25) is 19.3 Å². The summed E-state index contributed by atoms with van der Waals surface area (Å²) in [5.41, 5.74) is 1.62. The third-order valence-corrected chi connectivity index (χ3v) is 4.56. The van der Waals surface area contributed by atoms with Crippen LogP contribution in [-0.4, -0.2) is 34.9 Å². The minimum absolute atomic E-state index is 0.0849. The molecule has 1 heterocycles. The molecular weight excluding hydrogens is 360 g/mol. The maximum absolute atomic E-state index is 11.1. The number of nitrogens with zero attached hydrogens (tertiary/aromatic N) is 4. The van der Waals surface area contributed by atoms with Gasteiger partial charge in [-0.25, -0.2) is 4.98 Å². The number of carbonyl (C=O) groups is 1. The number of carbonyl (C=O) groups excluding carboxylic acids is 1. The van der Waals surface area contributed by atoms with E-state index < -0.39 is 0 Å². The number of anilines is 2. The first kappa shape index (κ1) is 20.7. The van der Waals surface area contributed by atoms with Crippen LogP contribution >= 0.6 is 11.8 Å². The van der Waals surface area contributed by atoms with Crippen LogP contribution in [0.1, 0.15) is 27.7 Å². The van der Waals surface area contributed by atoms with Gasteiger partial charge >= 0.3 is 0 Å². The Balaban J connectivity index is 2.33. The van der Waals surface area contributed by atoms with Crippen molar-refractivity contribution in [2.45, 2.75) is 44.2 Å². The van der Waals surface area contributed by atoms with Crippen molar-refractivity contribution in [3.8, 4) is 0 Å². The highest BCUT2D eigenvalue weighted by molar-refractivity contribution is 7.99. The van der Waals surface area contributed by atoms with E-state index in [1.54, 1.807) is 18.8 Å². The molecule has 0 radical (unpaired) electrons. The lowest BCUT2D eigenvalue weighted by atomic mass is 10.3. The third-order valence-electron chi connectivity index (χ3n) is 3.63. The molecule has 0 aliphatic carbocycles. The monoisotopic (exact) mass is 386 g/mol. The van der Waals surface area contributed by atoms with Crippen LogP contribution < -0.4 is 16.1 Å². The molecule has 2 aromatic rings. The minimum atomic E-state index is -0.0849. The lowest BCUT2D eigenvalue weighted by Crippen LogP contribution is -2.26. The summed E-state index contributed by atoms with van der Waals surface area (Å²) in [5.74, 6) is 1.45. The summed E-state index contributed by atoms with van der Waals surface area (Å²) in [6.45, 7) is 8.93. The topological polar surface area (TPSA) is 83.7 Å². The van der Waals surface area contributed by atoms with E-state index in [4.69, 9.17) is 4.98 Å². The van der Waals surface area contributed by atoms with E-state index in [0.29, 0.717) is 12.5 Å². The van der Waals surface area contributed by atoms with Crippen LogP contribution in [0, 0.1) is 0 Å². The van der Waals surface area contributed by atoms with Gasteiger partial charge in [0.25, 0.3) is 0 Å². The van der Waals surface area contributed by atoms with Gasteiger partial charge in [-0.2, -0.15) is 0 Å². The highest BCUT2D eigenvalue weighted by Gasteiger charge is 2.09. The zero-order chi connectivity index (χ0) is 19.8. The van der Waals surface area contributed by atoms with Gasteiger partial charge in [-0.1, -0.05) is 11.8 Å². The van der Waals surface area contributed by atoms with E-state index in [-0.39, 0.29) is 5.91 Å². The molecule has 1 amide bonds. The molecule has 27 heavy (non-hydrogen) atoms. The molecule has 0 saturated carbocycles. The Bertz CT molecular complexity index is 886. The zero-order valence-corrected chi connectivity index (χ0v) is 17.2. The number of hydrogen-bond acceptors (Lipinski definition) is 5. The van der Waals surface area contributed by atoms with Gasteiger partial charge in [-0.05, 0) is 45.0 Å². The molecule has 144 valence electrons. The van der Waals surface area contributed by atoms with Crippen LogP contribution in [0.2, 0.25) is 0 Å². The van der Waals surface area contributed by atoms with Crippen LogP contribution in [0.25, 0.3) is 0 Å². The van der Waals surface area contributed by atoms with Crippen molar-refractivity contribution < 1.29 is 4.79 Å². The van der Waals surface area contributed by atoms with Crippen LogP contribution in [0.3, 0.4) is 0 Å². The van der Waals surface area contributed by atoms with E-state index in [1.807, 2.05) is 48.7 Å². The number of benzene rings is 1. The molecule has 2 rings (SSSR count). The Kier molecular flexibility index (Phi) is 7.60. The average Bonchev–Trinajstić information content (AvgIpc) is 2.62. The van der Waals surface area contributed by atoms with Crippen molar-refractivity contribution in [1.82, 2.24) is 9.55 Å². The molecule has 1 aromatic carbocycles. The molecule has 0 unspecified atom stereocenters. The standard InChI is InChI=1S/C19H26N6OS/c1-6-21-13(3)22-19-24-18(12-17(20-5)25(19)7-2)27-16-10-8-15(9-11-16)23-14(4)26/h8-12H,6-7H2,1-5H3,(H,23,26)(H,21,22,24). The summed E-state index contributed by atoms with van der Waals surface area (Å²) >= 11 is 1.54. The highest BCUT2D eigenvalue weighted by Crippen LogP contribution is 2.27. The van der Waals surface area contributed by atoms with Crippen LogP contribution in [-0.2, 0) is 11.3 Å². The number of hydrogen-bond donors (Lipinski definition) is 2. The number of nitrogens with one attached hydrogen (secondary N) is 2. The Morgan fingerprint density at radius 1 is 1.19 bits per heavy atom. The van der Waals surface area contributed by atoms with Gasteiger partial charge in [0.05, 0.1) is 5.84 Å². The van der Waals surface area contributed by atoms with E-state index >= 15 is 0 Å². The van der Waals surface area contributed by atoms with Crippen molar-refractivity contribution >= 4 is 35.1 Å². The number of amides is 1. The second-order valence-corrected chi connectivity index (χ2v) is 6.83. The Hall–Kier alpha value is -2.61. The molecule has 0 fully saturated rings. The molecule has 0 bridgehead atoms. The molecular formula is C19H26N6OS. The summed E-state index contributed by atoms with van der Waals surface area (Å²) < 4.78 is 2.01. The molecule has 2 N–H and O–H groups in total. The number of rotatable bonds is 6. The Morgan fingerprint density at radius 3 is 2.44 bits per heavy atom. The molecule has 0 saturated heterocycles. The largest absolute Gasteiger partial charge is 0.326 e. The number of amidine groups is 1. The van der Waals surface area contributed by atoms with Crippen molar-refractivity contribution in [2.24, 2.45) is 9.98 Å². The summed E-state index contributed by atoms with van der Waals surface area (Å²) in [7, 11) is 1.77. The number of aromatic nitrogens is 2. The van der Waals surface area contributed by atoms with Gasteiger partial charge in [-0.15, -0.1) is 0 Å². The first-order valence-corrected chi connectivity index (χ1v) is 9.66. The predicted octanol–water partition coefficient (Wildman–Crippen LogP) is 3.39. The van der Waals surface area contributed by atoms with E-state index in [2.05, 4.69) is 27.5 Å². The van der Waals surface area contributed by atoms with Gasteiger partial charge in [0, 0.05) is 43.7 Å². The van der Waals surface area contributed by atoms with E-state index in [0.717, 1.165) is 33.5 Å². The quantitative estimate of drug-likeness (QED) is 0.453.